The minimum Gasteiger partial charge on any atom is -0.494 e. The van der Waals surface area contributed by atoms with Crippen LogP contribution in [0.15, 0.2) is 55.0 Å². The Morgan fingerprint density at radius 2 is 2.13 bits per heavy atom. The van der Waals surface area contributed by atoms with E-state index in [2.05, 4.69) is 15.4 Å². The standard InChI is InChI=1S/C28H30FN5O4/c1-34-15-21(14-31-34)27(18-5-6-25(37-2)23(29)11-18)33-28(36)19-3-4-20-13-30-26(32-24(20)12-19)10-17-7-8-38-22(9-17)16-35/h3-6,11-15,17,22,27,35H,7-10,16H2,1-2H3,(H,33,36)/t17-,22-,27-/m0/s1. The molecule has 38 heavy (non-hydrogen) atoms. The van der Waals surface area contributed by atoms with E-state index in [1.54, 1.807) is 48.5 Å². The monoisotopic (exact) mass is 519 g/mol. The summed E-state index contributed by atoms with van der Waals surface area (Å²) in [6.07, 6.45) is 7.38. The maximum atomic E-state index is 14.5. The van der Waals surface area contributed by atoms with Gasteiger partial charge in [-0.2, -0.15) is 5.10 Å². The molecule has 0 saturated carbocycles. The van der Waals surface area contributed by atoms with Crippen molar-refractivity contribution in [3.05, 3.63) is 83.3 Å². The molecule has 3 atom stereocenters. The zero-order chi connectivity index (χ0) is 26.6. The van der Waals surface area contributed by atoms with Gasteiger partial charge < -0.3 is 19.9 Å². The van der Waals surface area contributed by atoms with E-state index in [9.17, 15) is 14.3 Å². The summed E-state index contributed by atoms with van der Waals surface area (Å²) >= 11 is 0. The van der Waals surface area contributed by atoms with Gasteiger partial charge in [0.2, 0.25) is 0 Å². The van der Waals surface area contributed by atoms with Gasteiger partial charge in [-0.25, -0.2) is 14.4 Å². The quantitative estimate of drug-likeness (QED) is 0.367. The maximum absolute atomic E-state index is 14.5. The number of rotatable bonds is 8. The summed E-state index contributed by atoms with van der Waals surface area (Å²) in [5.41, 5.74) is 2.37. The molecule has 10 heteroatoms. The van der Waals surface area contributed by atoms with E-state index in [1.165, 1.54) is 19.2 Å². The molecule has 2 aromatic heterocycles. The van der Waals surface area contributed by atoms with E-state index in [4.69, 9.17) is 14.5 Å². The van der Waals surface area contributed by atoms with Crippen LogP contribution in [-0.4, -0.2) is 57.2 Å². The summed E-state index contributed by atoms with van der Waals surface area (Å²) in [7, 11) is 3.18. The first kappa shape index (κ1) is 25.7. The average Bonchev–Trinajstić information content (AvgIpc) is 3.37. The molecule has 0 unspecified atom stereocenters. The van der Waals surface area contributed by atoms with Crippen molar-refractivity contribution < 1.29 is 23.8 Å². The van der Waals surface area contributed by atoms with Gasteiger partial charge in [0.15, 0.2) is 11.6 Å². The average molecular weight is 520 g/mol. The summed E-state index contributed by atoms with van der Waals surface area (Å²) in [5.74, 6) is 0.309. The number of nitrogens with zero attached hydrogens (tertiary/aromatic N) is 4. The van der Waals surface area contributed by atoms with Crippen molar-refractivity contribution in [2.24, 2.45) is 13.0 Å². The Labute approximate surface area is 219 Å². The van der Waals surface area contributed by atoms with Crippen molar-refractivity contribution in [3.63, 3.8) is 0 Å². The number of hydrogen-bond acceptors (Lipinski definition) is 7. The normalized spacial score (nSPS) is 18.3. The Bertz CT molecular complexity index is 1440. The Morgan fingerprint density at radius 3 is 2.87 bits per heavy atom. The number of carbonyl (C=O) groups is 1. The predicted octanol–water partition coefficient (Wildman–Crippen LogP) is 3.36. The van der Waals surface area contributed by atoms with Gasteiger partial charge in [0.1, 0.15) is 5.82 Å². The molecule has 0 radical (unpaired) electrons. The first-order valence-corrected chi connectivity index (χ1v) is 12.5. The number of aliphatic hydroxyl groups excluding tert-OH is 1. The highest BCUT2D eigenvalue weighted by atomic mass is 19.1. The lowest BCUT2D eigenvalue weighted by molar-refractivity contribution is -0.0377. The van der Waals surface area contributed by atoms with E-state index in [1.807, 2.05) is 6.07 Å². The highest BCUT2D eigenvalue weighted by molar-refractivity contribution is 5.98. The fourth-order valence-electron chi connectivity index (χ4n) is 4.86. The van der Waals surface area contributed by atoms with Crippen LogP contribution in [0.3, 0.4) is 0 Å². The first-order chi connectivity index (χ1) is 18.4. The van der Waals surface area contributed by atoms with Crippen LogP contribution in [0.5, 0.6) is 5.75 Å². The molecule has 1 fully saturated rings. The summed E-state index contributed by atoms with van der Waals surface area (Å²) in [6, 6.07) is 9.27. The van der Waals surface area contributed by atoms with Gasteiger partial charge in [0, 0.05) is 49.0 Å². The molecule has 1 saturated heterocycles. The smallest absolute Gasteiger partial charge is 0.252 e. The number of aliphatic hydroxyl groups is 1. The van der Waals surface area contributed by atoms with Crippen LogP contribution < -0.4 is 10.1 Å². The lowest BCUT2D eigenvalue weighted by Gasteiger charge is -2.27. The number of benzene rings is 2. The Hall–Kier alpha value is -3.89. The molecule has 1 amide bonds. The fraction of sp³-hybridized carbons (Fsp3) is 0.357. The molecule has 0 bridgehead atoms. The Morgan fingerprint density at radius 1 is 1.26 bits per heavy atom. The number of ether oxygens (including phenoxy) is 2. The number of halogens is 1. The minimum atomic E-state index is -0.624. The Kier molecular flexibility index (Phi) is 7.62. The summed E-state index contributed by atoms with van der Waals surface area (Å²) in [6.45, 7) is 0.626. The van der Waals surface area contributed by atoms with Crippen molar-refractivity contribution >= 4 is 16.8 Å². The van der Waals surface area contributed by atoms with Gasteiger partial charge in [0.05, 0.1) is 37.6 Å². The third-order valence-electron chi connectivity index (χ3n) is 6.89. The Balaban J connectivity index is 1.39. The number of methoxy groups -OCH3 is 1. The third kappa shape index (κ3) is 5.66. The topological polar surface area (TPSA) is 111 Å². The van der Waals surface area contributed by atoms with Crippen LogP contribution in [0.1, 0.15) is 46.2 Å². The highest BCUT2D eigenvalue weighted by Crippen LogP contribution is 2.27. The zero-order valence-electron chi connectivity index (χ0n) is 21.3. The van der Waals surface area contributed by atoms with Gasteiger partial charge in [-0.05, 0) is 48.6 Å². The number of hydrogen-bond donors (Lipinski definition) is 2. The van der Waals surface area contributed by atoms with Crippen LogP contribution in [0.25, 0.3) is 10.9 Å². The van der Waals surface area contributed by atoms with Crippen LogP contribution in [-0.2, 0) is 18.2 Å². The van der Waals surface area contributed by atoms with E-state index >= 15 is 0 Å². The largest absolute Gasteiger partial charge is 0.494 e. The fourth-order valence-corrected chi connectivity index (χ4v) is 4.86. The number of nitrogens with one attached hydrogen (secondary N) is 1. The van der Waals surface area contributed by atoms with Gasteiger partial charge in [-0.15, -0.1) is 0 Å². The molecule has 0 aliphatic carbocycles. The molecular weight excluding hydrogens is 489 g/mol. The molecule has 1 aliphatic rings. The molecule has 9 nitrogen and oxygen atoms in total. The number of carbonyl (C=O) groups excluding carboxylic acids is 1. The third-order valence-corrected chi connectivity index (χ3v) is 6.89. The highest BCUT2D eigenvalue weighted by Gasteiger charge is 2.24. The second-order valence-corrected chi connectivity index (χ2v) is 9.58. The molecule has 2 N–H and O–H groups in total. The van der Waals surface area contributed by atoms with E-state index < -0.39 is 11.9 Å². The minimum absolute atomic E-state index is 0.0107. The van der Waals surface area contributed by atoms with E-state index in [0.29, 0.717) is 47.0 Å². The lowest BCUT2D eigenvalue weighted by Crippen LogP contribution is -2.29. The van der Waals surface area contributed by atoms with Gasteiger partial charge >= 0.3 is 0 Å². The molecular formula is C28H30FN5O4. The molecule has 3 heterocycles. The SMILES string of the molecule is COc1ccc([C@H](NC(=O)c2ccc3cnc(C[C@H]4CCO[C@H](CO)C4)nc3c2)c2cnn(C)c2)cc1F. The molecule has 1 aliphatic heterocycles. The van der Waals surface area contributed by atoms with Crippen LogP contribution in [0, 0.1) is 11.7 Å². The van der Waals surface area contributed by atoms with Crippen molar-refractivity contribution in [3.8, 4) is 5.75 Å². The van der Waals surface area contributed by atoms with Crippen molar-refractivity contribution in [2.75, 3.05) is 20.3 Å². The van der Waals surface area contributed by atoms with Gasteiger partial charge in [-0.1, -0.05) is 12.1 Å². The maximum Gasteiger partial charge on any atom is 0.252 e. The van der Waals surface area contributed by atoms with Crippen LogP contribution in [0.2, 0.25) is 0 Å². The second kappa shape index (κ2) is 11.2. The number of aromatic nitrogens is 4. The lowest BCUT2D eigenvalue weighted by atomic mass is 9.92. The van der Waals surface area contributed by atoms with E-state index in [0.717, 1.165) is 18.2 Å². The van der Waals surface area contributed by atoms with Gasteiger partial charge in [0.25, 0.3) is 5.91 Å². The van der Waals surface area contributed by atoms with Crippen molar-refractivity contribution in [1.82, 2.24) is 25.1 Å². The van der Waals surface area contributed by atoms with Gasteiger partial charge in [-0.3, -0.25) is 9.48 Å². The molecule has 4 aromatic rings. The number of aryl methyl sites for hydroxylation is 1. The van der Waals surface area contributed by atoms with Crippen molar-refractivity contribution in [1.29, 1.82) is 0 Å². The summed E-state index contributed by atoms with van der Waals surface area (Å²) < 4.78 is 26.7. The second-order valence-electron chi connectivity index (χ2n) is 9.58. The van der Waals surface area contributed by atoms with Crippen LogP contribution >= 0.6 is 0 Å². The summed E-state index contributed by atoms with van der Waals surface area (Å²) in [5, 5.41) is 17.5. The molecule has 0 spiro atoms. The number of amides is 1. The molecule has 198 valence electrons. The molecule has 2 aromatic carbocycles. The first-order valence-electron chi connectivity index (χ1n) is 12.5. The summed E-state index contributed by atoms with van der Waals surface area (Å²) in [4.78, 5) is 22.6. The van der Waals surface area contributed by atoms with Crippen LogP contribution in [0.4, 0.5) is 4.39 Å². The number of fused-ring (bicyclic) bond motifs is 1. The van der Waals surface area contributed by atoms with Crippen molar-refractivity contribution in [2.45, 2.75) is 31.4 Å². The predicted molar refractivity (Wildman–Crippen MR) is 138 cm³/mol. The zero-order valence-corrected chi connectivity index (χ0v) is 21.3. The molecule has 5 rings (SSSR count). The van der Waals surface area contributed by atoms with E-state index in [-0.39, 0.29) is 24.4 Å².